The lowest BCUT2D eigenvalue weighted by molar-refractivity contribution is -0.608. The minimum atomic E-state index is -10.8. The summed E-state index contributed by atoms with van der Waals surface area (Å²) in [5, 5.41) is 14.2. The summed E-state index contributed by atoms with van der Waals surface area (Å²) in [6, 6.07) is 0. The van der Waals surface area contributed by atoms with Crippen LogP contribution >= 0.6 is 10.4 Å². The summed E-state index contributed by atoms with van der Waals surface area (Å²) < 4.78 is 54.4. The summed E-state index contributed by atoms with van der Waals surface area (Å²) in [6.07, 6.45) is -3.40. The maximum Gasteiger partial charge on any atom is 0.486 e. The number of carbonyl (C=O) groups is 1. The van der Waals surface area contributed by atoms with Crippen LogP contribution < -0.4 is 0 Å². The van der Waals surface area contributed by atoms with E-state index in [4.69, 9.17) is 5.11 Å². The van der Waals surface area contributed by atoms with E-state index in [0.717, 1.165) is 0 Å². The molecule has 0 saturated heterocycles. The first-order chi connectivity index (χ1) is 5.25. The van der Waals surface area contributed by atoms with Gasteiger partial charge in [0, 0.05) is 0 Å². The number of nitro groups is 1. The van der Waals surface area contributed by atoms with Crippen molar-refractivity contribution in [3.63, 3.8) is 0 Å². The number of hydrazine groups is 1. The maximum atomic E-state index is 11.5. The molecular weight excluding hydrogens is 231 g/mol. The van der Waals surface area contributed by atoms with Crippen molar-refractivity contribution in [1.29, 1.82) is 0 Å². The van der Waals surface area contributed by atoms with E-state index >= 15 is 0 Å². The number of amides is 1. The number of carboxylic acid groups (broad SMARTS) is 1. The molecule has 0 aliphatic carbocycles. The standard InChI is InChI=1S/CHF5N2O4S/c2-13(3,4,5,6)7(1(9)10)8(11)12/h(H,9,10). The lowest BCUT2D eigenvalue weighted by Crippen LogP contribution is -2.42. The normalized spacial score (nSPS) is 17.0. The molecule has 0 fully saturated rings. The van der Waals surface area contributed by atoms with Crippen molar-refractivity contribution >= 4 is 16.5 Å². The fraction of sp³-hybridized carbons (Fsp3) is 0. The molecule has 0 aliphatic rings. The van der Waals surface area contributed by atoms with Crippen LogP contribution in [0.2, 0.25) is 0 Å². The van der Waals surface area contributed by atoms with Gasteiger partial charge in [-0.25, -0.2) is 14.9 Å². The minimum Gasteiger partial charge on any atom is -0.460 e. The molecule has 12 heteroatoms. The van der Waals surface area contributed by atoms with E-state index in [-0.39, 0.29) is 0 Å². The molecule has 0 heterocycles. The predicted molar refractivity (Wildman–Crippen MR) is 30.0 cm³/mol. The highest BCUT2D eigenvalue weighted by Gasteiger charge is 2.79. The fourth-order valence-corrected chi connectivity index (χ4v) is 0.891. The highest BCUT2D eigenvalue weighted by molar-refractivity contribution is 8.44. The number of hydrogen-bond acceptors (Lipinski definition) is 3. The minimum absolute atomic E-state index is 2.75. The second-order valence-electron chi connectivity index (χ2n) is 1.72. The molecule has 1 N–H and O–H groups in total. The van der Waals surface area contributed by atoms with E-state index < -0.39 is 25.9 Å². The smallest absolute Gasteiger partial charge is 0.460 e. The van der Waals surface area contributed by atoms with Crippen LogP contribution in [0.3, 0.4) is 0 Å². The van der Waals surface area contributed by atoms with Gasteiger partial charge in [0.25, 0.3) is 0 Å². The Morgan fingerprint density at radius 1 is 1.31 bits per heavy atom. The van der Waals surface area contributed by atoms with Crippen molar-refractivity contribution in [3.8, 4) is 0 Å². The molecule has 0 aliphatic heterocycles. The van der Waals surface area contributed by atoms with Crippen LogP contribution in [0.1, 0.15) is 0 Å². The van der Waals surface area contributed by atoms with Gasteiger partial charge in [-0.1, -0.05) is 19.4 Å². The molecule has 0 atom stereocenters. The Balaban J connectivity index is 5.49. The Bertz CT molecular complexity index is 254. The van der Waals surface area contributed by atoms with Gasteiger partial charge in [-0.3, -0.25) is 0 Å². The monoisotopic (exact) mass is 232 g/mol. The summed E-state index contributed by atoms with van der Waals surface area (Å²) in [7, 11) is -10.8. The van der Waals surface area contributed by atoms with Crippen molar-refractivity contribution in [2.45, 2.75) is 0 Å². The molecular formula is CHF5N2O4S. The highest BCUT2D eigenvalue weighted by atomic mass is 32.5. The molecule has 0 unspecified atom stereocenters. The summed E-state index contributed by atoms with van der Waals surface area (Å²) in [6.45, 7) is 0. The first kappa shape index (κ1) is 11.7. The molecule has 0 aromatic heterocycles. The van der Waals surface area contributed by atoms with E-state index in [1.807, 2.05) is 0 Å². The van der Waals surface area contributed by atoms with Gasteiger partial charge in [0.05, 0.1) is 0 Å². The molecule has 0 spiro atoms. The van der Waals surface area contributed by atoms with Crippen LogP contribution in [0.5, 0.6) is 0 Å². The van der Waals surface area contributed by atoms with Gasteiger partial charge >= 0.3 is 16.5 Å². The maximum absolute atomic E-state index is 11.5. The Labute approximate surface area is 66.5 Å². The van der Waals surface area contributed by atoms with Gasteiger partial charge in [0.1, 0.15) is 4.41 Å². The molecule has 13 heavy (non-hydrogen) atoms. The number of nitrogens with zero attached hydrogens (tertiary/aromatic N) is 2. The van der Waals surface area contributed by atoms with E-state index in [1.54, 1.807) is 0 Å². The largest absolute Gasteiger partial charge is 0.486 e. The predicted octanol–water partition coefficient (Wildman–Crippen LogP) is 2.37. The van der Waals surface area contributed by atoms with Crippen LogP contribution in [-0.4, -0.2) is 20.6 Å². The zero-order chi connectivity index (χ0) is 11.1. The zero-order valence-corrected chi connectivity index (χ0v) is 6.18. The first-order valence-corrected chi connectivity index (χ1v) is 4.08. The van der Waals surface area contributed by atoms with Gasteiger partial charge in [0.2, 0.25) is 0 Å². The number of halogens is 5. The van der Waals surface area contributed by atoms with Gasteiger partial charge in [0.15, 0.2) is 5.03 Å². The average molecular weight is 232 g/mol. The third-order valence-corrected chi connectivity index (χ3v) is 1.58. The zero-order valence-electron chi connectivity index (χ0n) is 5.36. The van der Waals surface area contributed by atoms with E-state index in [0.29, 0.717) is 0 Å². The Kier molecular flexibility index (Phi) is 1.74. The van der Waals surface area contributed by atoms with Crippen LogP contribution in [0, 0.1) is 10.1 Å². The first-order valence-electron chi connectivity index (χ1n) is 2.17. The van der Waals surface area contributed by atoms with Gasteiger partial charge in [-0.05, 0) is 0 Å². The molecule has 80 valence electrons. The lowest BCUT2D eigenvalue weighted by Gasteiger charge is -2.39. The molecule has 0 saturated carbocycles. The fourth-order valence-electron chi connectivity index (χ4n) is 0.343. The summed E-state index contributed by atoms with van der Waals surface area (Å²) >= 11 is 0. The second-order valence-corrected chi connectivity index (χ2v) is 3.92. The van der Waals surface area contributed by atoms with Crippen molar-refractivity contribution in [2.24, 2.45) is 0 Å². The highest BCUT2D eigenvalue weighted by Crippen LogP contribution is 2.99. The molecule has 6 nitrogen and oxygen atoms in total. The molecule has 0 radical (unpaired) electrons. The van der Waals surface area contributed by atoms with Gasteiger partial charge in [-0.2, -0.15) is 0 Å². The van der Waals surface area contributed by atoms with Crippen LogP contribution in [0.15, 0.2) is 0 Å². The third-order valence-electron chi connectivity index (χ3n) is 0.639. The van der Waals surface area contributed by atoms with E-state index in [1.165, 1.54) is 0 Å². The second kappa shape index (κ2) is 1.94. The van der Waals surface area contributed by atoms with Crippen LogP contribution in [0.4, 0.5) is 24.2 Å². The van der Waals surface area contributed by atoms with Crippen LogP contribution in [-0.2, 0) is 0 Å². The van der Waals surface area contributed by atoms with Gasteiger partial charge < -0.3 is 5.11 Å². The van der Waals surface area contributed by atoms with Crippen LogP contribution in [0.25, 0.3) is 0 Å². The van der Waals surface area contributed by atoms with E-state index in [2.05, 4.69) is 0 Å². The van der Waals surface area contributed by atoms with Crippen molar-refractivity contribution < 1.29 is 34.4 Å². The van der Waals surface area contributed by atoms with E-state index in [9.17, 15) is 34.3 Å². The average Bonchev–Trinajstić information content (AvgIpc) is 1.48. The van der Waals surface area contributed by atoms with Crippen molar-refractivity contribution in [2.75, 3.05) is 0 Å². The Hall–Kier alpha value is -1.33. The topological polar surface area (TPSA) is 83.7 Å². The molecule has 0 aromatic rings. The lowest BCUT2D eigenvalue weighted by atomic mass is 11.3. The SMILES string of the molecule is O=C(O)N([N+](=O)[O-])S(F)(F)(F)(F)F. The van der Waals surface area contributed by atoms with Gasteiger partial charge in [-0.15, -0.1) is 0 Å². The summed E-state index contributed by atoms with van der Waals surface area (Å²) in [4.78, 5) is 18.9. The molecule has 0 aromatic carbocycles. The molecule has 0 bridgehead atoms. The summed E-state index contributed by atoms with van der Waals surface area (Å²) in [5.74, 6) is 0. The van der Waals surface area contributed by atoms with Crippen molar-refractivity contribution in [3.05, 3.63) is 10.1 Å². The Morgan fingerprint density at radius 3 is 1.62 bits per heavy atom. The Morgan fingerprint density at radius 2 is 1.62 bits per heavy atom. The third kappa shape index (κ3) is 2.89. The molecule has 0 rings (SSSR count). The molecule has 1 amide bonds. The number of hydrogen-bond donors (Lipinski definition) is 1. The van der Waals surface area contributed by atoms with Crippen molar-refractivity contribution in [1.82, 2.24) is 4.41 Å². The summed E-state index contributed by atoms with van der Waals surface area (Å²) in [5.41, 5.74) is 0. The quantitative estimate of drug-likeness (QED) is 0.450. The number of rotatable bonds is 2.